The molecule has 0 aliphatic carbocycles. The summed E-state index contributed by atoms with van der Waals surface area (Å²) >= 11 is 5.89. The zero-order chi connectivity index (χ0) is 11.7. The molecule has 0 atom stereocenters. The van der Waals surface area contributed by atoms with Gasteiger partial charge in [-0.3, -0.25) is 4.79 Å². The van der Waals surface area contributed by atoms with Gasteiger partial charge in [0.2, 0.25) is 0 Å². The van der Waals surface area contributed by atoms with Gasteiger partial charge in [0.25, 0.3) is 5.91 Å². The van der Waals surface area contributed by atoms with Gasteiger partial charge in [-0.25, -0.2) is 4.39 Å². The Hall–Kier alpha value is -1.09. The molecule has 0 saturated carbocycles. The minimum absolute atomic E-state index is 0.0172. The van der Waals surface area contributed by atoms with Gasteiger partial charge in [0.15, 0.2) is 0 Å². The van der Waals surface area contributed by atoms with Crippen molar-refractivity contribution in [1.82, 2.24) is 4.90 Å². The first-order valence-electron chi connectivity index (χ1n) is 5.35. The second kappa shape index (κ2) is 4.42. The van der Waals surface area contributed by atoms with E-state index in [-0.39, 0.29) is 16.5 Å². The van der Waals surface area contributed by atoms with Crippen LogP contribution < -0.4 is 0 Å². The normalized spacial score (nSPS) is 15.6. The summed E-state index contributed by atoms with van der Waals surface area (Å²) in [5, 5.41) is 0.194. The fourth-order valence-corrected chi connectivity index (χ4v) is 2.16. The highest BCUT2D eigenvalue weighted by molar-refractivity contribution is 6.33. The van der Waals surface area contributed by atoms with Crippen LogP contribution in [0, 0.1) is 12.7 Å². The Morgan fingerprint density at radius 1 is 1.38 bits per heavy atom. The van der Waals surface area contributed by atoms with Gasteiger partial charge in [0, 0.05) is 13.1 Å². The third kappa shape index (κ3) is 1.92. The van der Waals surface area contributed by atoms with E-state index in [1.807, 2.05) is 0 Å². The molecule has 1 aliphatic heterocycles. The van der Waals surface area contributed by atoms with Crippen molar-refractivity contribution >= 4 is 17.5 Å². The third-order valence-electron chi connectivity index (χ3n) is 2.89. The average Bonchev–Trinajstić information content (AvgIpc) is 2.77. The van der Waals surface area contributed by atoms with Crippen molar-refractivity contribution in [2.24, 2.45) is 0 Å². The van der Waals surface area contributed by atoms with E-state index in [9.17, 15) is 9.18 Å². The Morgan fingerprint density at radius 2 is 2.00 bits per heavy atom. The van der Waals surface area contributed by atoms with Crippen molar-refractivity contribution in [2.75, 3.05) is 13.1 Å². The Labute approximate surface area is 99.0 Å². The van der Waals surface area contributed by atoms with E-state index < -0.39 is 5.82 Å². The molecule has 0 bridgehead atoms. The van der Waals surface area contributed by atoms with Crippen molar-refractivity contribution in [3.05, 3.63) is 34.1 Å². The highest BCUT2D eigenvalue weighted by atomic mass is 35.5. The van der Waals surface area contributed by atoms with Crippen molar-refractivity contribution in [3.8, 4) is 0 Å². The lowest BCUT2D eigenvalue weighted by atomic mass is 10.1. The number of aryl methyl sites for hydroxylation is 1. The largest absolute Gasteiger partial charge is 0.339 e. The van der Waals surface area contributed by atoms with E-state index in [4.69, 9.17) is 11.6 Å². The van der Waals surface area contributed by atoms with Crippen LogP contribution in [0.1, 0.15) is 28.8 Å². The molecule has 2 rings (SSSR count). The first kappa shape index (κ1) is 11.4. The van der Waals surface area contributed by atoms with Crippen LogP contribution in [-0.4, -0.2) is 23.9 Å². The number of nitrogens with zero attached hydrogens (tertiary/aromatic N) is 1. The average molecular weight is 242 g/mol. The summed E-state index contributed by atoms with van der Waals surface area (Å²) in [6.45, 7) is 3.03. The minimum atomic E-state index is -0.496. The van der Waals surface area contributed by atoms with E-state index in [1.54, 1.807) is 24.0 Å². The SMILES string of the molecule is Cc1ccc(Cl)c(C(=O)N2CCCC2)c1F. The van der Waals surface area contributed by atoms with Crippen LogP contribution in [0.3, 0.4) is 0 Å². The van der Waals surface area contributed by atoms with Gasteiger partial charge < -0.3 is 4.90 Å². The van der Waals surface area contributed by atoms with Crippen molar-refractivity contribution in [1.29, 1.82) is 0 Å². The topological polar surface area (TPSA) is 20.3 Å². The smallest absolute Gasteiger partial charge is 0.258 e. The van der Waals surface area contributed by atoms with Crippen LogP contribution in [-0.2, 0) is 0 Å². The van der Waals surface area contributed by atoms with Gasteiger partial charge in [-0.2, -0.15) is 0 Å². The number of halogens is 2. The Balaban J connectivity index is 2.39. The molecule has 0 unspecified atom stereocenters. The quantitative estimate of drug-likeness (QED) is 0.740. The van der Waals surface area contributed by atoms with E-state index in [0.717, 1.165) is 12.8 Å². The molecule has 1 aromatic rings. The summed E-state index contributed by atoms with van der Waals surface area (Å²) < 4.78 is 13.8. The standard InChI is InChI=1S/C12H13ClFNO/c1-8-4-5-9(13)10(11(8)14)12(16)15-6-2-3-7-15/h4-5H,2-3,6-7H2,1H3. The second-order valence-electron chi connectivity index (χ2n) is 4.05. The Bertz CT molecular complexity index is 427. The minimum Gasteiger partial charge on any atom is -0.339 e. The summed E-state index contributed by atoms with van der Waals surface area (Å²) in [6.07, 6.45) is 1.97. The fraction of sp³-hybridized carbons (Fsp3) is 0.417. The molecular weight excluding hydrogens is 229 g/mol. The number of hydrogen-bond acceptors (Lipinski definition) is 1. The molecule has 0 spiro atoms. The predicted molar refractivity (Wildman–Crippen MR) is 61.3 cm³/mol. The summed E-state index contributed by atoms with van der Waals surface area (Å²) in [5.74, 6) is -0.784. The van der Waals surface area contributed by atoms with Gasteiger partial charge in [0.1, 0.15) is 5.82 Å². The zero-order valence-corrected chi connectivity index (χ0v) is 9.85. The maximum Gasteiger partial charge on any atom is 0.258 e. The molecule has 1 aromatic carbocycles. The molecule has 0 radical (unpaired) electrons. The van der Waals surface area contributed by atoms with E-state index in [0.29, 0.717) is 18.7 Å². The molecule has 4 heteroatoms. The van der Waals surface area contributed by atoms with E-state index >= 15 is 0 Å². The molecule has 86 valence electrons. The molecule has 2 nitrogen and oxygen atoms in total. The molecule has 0 N–H and O–H groups in total. The van der Waals surface area contributed by atoms with Gasteiger partial charge in [-0.15, -0.1) is 0 Å². The molecular formula is C12H13ClFNO. The zero-order valence-electron chi connectivity index (χ0n) is 9.09. The Kier molecular flexibility index (Phi) is 3.15. The Morgan fingerprint density at radius 3 is 2.62 bits per heavy atom. The number of benzene rings is 1. The lowest BCUT2D eigenvalue weighted by Crippen LogP contribution is -2.28. The van der Waals surface area contributed by atoms with E-state index in [2.05, 4.69) is 0 Å². The fourth-order valence-electron chi connectivity index (χ4n) is 1.93. The highest BCUT2D eigenvalue weighted by Crippen LogP contribution is 2.24. The van der Waals surface area contributed by atoms with Crippen LogP contribution >= 0.6 is 11.6 Å². The lowest BCUT2D eigenvalue weighted by molar-refractivity contribution is 0.0788. The van der Waals surface area contributed by atoms with Crippen LogP contribution in [0.5, 0.6) is 0 Å². The maximum absolute atomic E-state index is 13.8. The van der Waals surface area contributed by atoms with Crippen molar-refractivity contribution in [3.63, 3.8) is 0 Å². The number of hydrogen-bond donors (Lipinski definition) is 0. The summed E-state index contributed by atoms with van der Waals surface area (Å²) in [4.78, 5) is 13.7. The first-order valence-corrected chi connectivity index (χ1v) is 5.73. The van der Waals surface area contributed by atoms with Gasteiger partial charge >= 0.3 is 0 Å². The van der Waals surface area contributed by atoms with Crippen molar-refractivity contribution in [2.45, 2.75) is 19.8 Å². The predicted octanol–water partition coefficient (Wildman–Crippen LogP) is 3.02. The van der Waals surface area contributed by atoms with Crippen molar-refractivity contribution < 1.29 is 9.18 Å². The molecule has 1 saturated heterocycles. The summed E-state index contributed by atoms with van der Waals surface area (Å²) in [7, 11) is 0. The maximum atomic E-state index is 13.8. The first-order chi connectivity index (χ1) is 7.61. The second-order valence-corrected chi connectivity index (χ2v) is 4.46. The molecule has 1 heterocycles. The van der Waals surface area contributed by atoms with Crippen LogP contribution in [0.2, 0.25) is 5.02 Å². The third-order valence-corrected chi connectivity index (χ3v) is 3.21. The summed E-state index contributed by atoms with van der Waals surface area (Å²) in [5.41, 5.74) is 0.468. The number of carbonyl (C=O) groups is 1. The summed E-state index contributed by atoms with van der Waals surface area (Å²) in [6, 6.07) is 3.15. The number of likely N-dealkylation sites (tertiary alicyclic amines) is 1. The number of rotatable bonds is 1. The monoisotopic (exact) mass is 241 g/mol. The highest BCUT2D eigenvalue weighted by Gasteiger charge is 2.25. The molecule has 1 amide bonds. The van der Waals surface area contributed by atoms with Crippen LogP contribution in [0.4, 0.5) is 4.39 Å². The molecule has 1 aliphatic rings. The van der Waals surface area contributed by atoms with Gasteiger partial charge in [0.05, 0.1) is 10.6 Å². The van der Waals surface area contributed by atoms with Crippen LogP contribution in [0.15, 0.2) is 12.1 Å². The molecule has 16 heavy (non-hydrogen) atoms. The van der Waals surface area contributed by atoms with Gasteiger partial charge in [-0.1, -0.05) is 17.7 Å². The van der Waals surface area contributed by atoms with E-state index in [1.165, 1.54) is 0 Å². The number of amides is 1. The van der Waals surface area contributed by atoms with Gasteiger partial charge in [-0.05, 0) is 31.4 Å². The lowest BCUT2D eigenvalue weighted by Gasteiger charge is -2.17. The molecule has 0 aromatic heterocycles. The molecule has 1 fully saturated rings. The van der Waals surface area contributed by atoms with Crippen LogP contribution in [0.25, 0.3) is 0 Å². The number of carbonyl (C=O) groups excluding carboxylic acids is 1.